The van der Waals surface area contributed by atoms with Crippen molar-refractivity contribution >= 4 is 17.6 Å². The number of amides is 1. The molecule has 0 aliphatic carbocycles. The molecule has 1 aromatic carbocycles. The van der Waals surface area contributed by atoms with Crippen LogP contribution in [0.1, 0.15) is 0 Å². The van der Waals surface area contributed by atoms with Crippen molar-refractivity contribution in [2.45, 2.75) is 0 Å². The first kappa shape index (κ1) is 14.3. The second-order valence-corrected chi connectivity index (χ2v) is 3.45. The molecule has 0 unspecified atom stereocenters. The number of rotatable bonds is 6. The van der Waals surface area contributed by atoms with Crippen LogP contribution in [0.25, 0.3) is 0 Å². The first-order valence-electron chi connectivity index (χ1n) is 5.39. The summed E-state index contributed by atoms with van der Waals surface area (Å²) in [6.07, 6.45) is 0. The number of benzene rings is 1. The van der Waals surface area contributed by atoms with E-state index >= 15 is 0 Å². The fourth-order valence-corrected chi connectivity index (χ4v) is 1.08. The number of carbonyl (C=O) groups is 2. The Morgan fingerprint density at radius 1 is 1.26 bits per heavy atom. The van der Waals surface area contributed by atoms with Crippen LogP contribution in [0.5, 0.6) is 5.75 Å². The summed E-state index contributed by atoms with van der Waals surface area (Å²) in [5.74, 6) is -0.744. The van der Waals surface area contributed by atoms with Crippen molar-refractivity contribution in [2.75, 3.05) is 25.5 Å². The SMILES string of the molecule is N#CCNC(=O)COC(=O)COc1ccc(N)cc1. The number of nitrogens with one attached hydrogen (secondary N) is 1. The molecule has 0 atom stereocenters. The Kier molecular flexibility index (Phi) is 5.69. The molecule has 0 saturated heterocycles. The first-order valence-corrected chi connectivity index (χ1v) is 5.39. The van der Waals surface area contributed by atoms with Crippen molar-refractivity contribution < 1.29 is 19.1 Å². The van der Waals surface area contributed by atoms with Gasteiger partial charge in [-0.2, -0.15) is 5.26 Å². The maximum absolute atomic E-state index is 11.2. The van der Waals surface area contributed by atoms with Crippen LogP contribution >= 0.6 is 0 Å². The van der Waals surface area contributed by atoms with E-state index in [-0.39, 0.29) is 13.2 Å². The van der Waals surface area contributed by atoms with Crippen LogP contribution in [0.3, 0.4) is 0 Å². The zero-order valence-corrected chi connectivity index (χ0v) is 10.1. The van der Waals surface area contributed by atoms with Crippen molar-refractivity contribution in [2.24, 2.45) is 0 Å². The average Bonchev–Trinajstić information content (AvgIpc) is 2.42. The molecule has 7 heteroatoms. The van der Waals surface area contributed by atoms with Crippen LogP contribution in [0.15, 0.2) is 24.3 Å². The number of nitrogen functional groups attached to an aromatic ring is 1. The van der Waals surface area contributed by atoms with E-state index in [4.69, 9.17) is 15.7 Å². The largest absolute Gasteiger partial charge is 0.482 e. The van der Waals surface area contributed by atoms with Crippen LogP contribution in [-0.4, -0.2) is 31.6 Å². The summed E-state index contributed by atoms with van der Waals surface area (Å²) in [5.41, 5.74) is 6.08. The minimum Gasteiger partial charge on any atom is -0.482 e. The highest BCUT2D eigenvalue weighted by Crippen LogP contribution is 2.12. The van der Waals surface area contributed by atoms with Gasteiger partial charge in [0.25, 0.3) is 5.91 Å². The zero-order valence-electron chi connectivity index (χ0n) is 10.1. The summed E-state index contributed by atoms with van der Waals surface area (Å²) < 4.78 is 9.76. The normalized spacial score (nSPS) is 9.21. The van der Waals surface area contributed by atoms with Gasteiger partial charge in [-0.25, -0.2) is 4.79 Å². The van der Waals surface area contributed by atoms with Gasteiger partial charge in [0, 0.05) is 5.69 Å². The maximum atomic E-state index is 11.2. The second kappa shape index (κ2) is 7.55. The number of esters is 1. The molecular formula is C12H13N3O4. The molecule has 0 aromatic heterocycles. The fourth-order valence-electron chi connectivity index (χ4n) is 1.08. The highest BCUT2D eigenvalue weighted by molar-refractivity contribution is 5.81. The Bertz CT molecular complexity index is 479. The lowest BCUT2D eigenvalue weighted by atomic mass is 10.3. The molecule has 0 radical (unpaired) electrons. The van der Waals surface area contributed by atoms with E-state index < -0.39 is 18.5 Å². The molecule has 0 saturated carbocycles. The monoisotopic (exact) mass is 263 g/mol. The van der Waals surface area contributed by atoms with E-state index in [0.29, 0.717) is 11.4 Å². The van der Waals surface area contributed by atoms with Gasteiger partial charge in [-0.1, -0.05) is 0 Å². The zero-order chi connectivity index (χ0) is 14.1. The van der Waals surface area contributed by atoms with Crippen molar-refractivity contribution in [3.05, 3.63) is 24.3 Å². The van der Waals surface area contributed by atoms with E-state index in [2.05, 4.69) is 10.1 Å². The van der Waals surface area contributed by atoms with Crippen LogP contribution in [0.4, 0.5) is 5.69 Å². The third-order valence-corrected chi connectivity index (χ3v) is 1.97. The molecule has 100 valence electrons. The summed E-state index contributed by atoms with van der Waals surface area (Å²) >= 11 is 0. The molecule has 1 aromatic rings. The molecule has 0 aliphatic rings. The Hall–Kier alpha value is -2.75. The molecule has 0 fully saturated rings. The molecule has 1 rings (SSSR count). The number of anilines is 1. The standard InChI is InChI=1S/C12H13N3O4/c13-5-6-15-11(16)7-19-12(17)8-18-10-3-1-9(14)2-4-10/h1-4H,6-8,14H2,(H,15,16). The van der Waals surface area contributed by atoms with E-state index in [1.165, 1.54) is 0 Å². The number of hydrogen-bond acceptors (Lipinski definition) is 6. The molecule has 19 heavy (non-hydrogen) atoms. The van der Waals surface area contributed by atoms with Crippen molar-refractivity contribution in [1.29, 1.82) is 5.26 Å². The van der Waals surface area contributed by atoms with Crippen molar-refractivity contribution in [3.8, 4) is 11.8 Å². The van der Waals surface area contributed by atoms with Gasteiger partial charge in [0.1, 0.15) is 12.3 Å². The molecule has 7 nitrogen and oxygen atoms in total. The molecule has 0 aliphatic heterocycles. The predicted molar refractivity (Wildman–Crippen MR) is 65.9 cm³/mol. The highest BCUT2D eigenvalue weighted by atomic mass is 16.6. The maximum Gasteiger partial charge on any atom is 0.344 e. The first-order chi connectivity index (χ1) is 9.11. The van der Waals surface area contributed by atoms with Crippen molar-refractivity contribution in [1.82, 2.24) is 5.32 Å². The minimum atomic E-state index is -0.677. The Morgan fingerprint density at radius 2 is 1.95 bits per heavy atom. The topological polar surface area (TPSA) is 114 Å². The second-order valence-electron chi connectivity index (χ2n) is 3.45. The van der Waals surface area contributed by atoms with E-state index in [1.807, 2.05) is 0 Å². The number of ether oxygens (including phenoxy) is 2. The number of nitrogens with two attached hydrogens (primary N) is 1. The number of nitriles is 1. The number of hydrogen-bond donors (Lipinski definition) is 2. The summed E-state index contributed by atoms with van der Waals surface area (Å²) in [4.78, 5) is 22.3. The number of carbonyl (C=O) groups excluding carboxylic acids is 2. The van der Waals surface area contributed by atoms with Crippen LogP contribution in [0, 0.1) is 11.3 Å². The van der Waals surface area contributed by atoms with Gasteiger partial charge < -0.3 is 20.5 Å². The van der Waals surface area contributed by atoms with Gasteiger partial charge in [0.2, 0.25) is 0 Å². The average molecular weight is 263 g/mol. The lowest BCUT2D eigenvalue weighted by Gasteiger charge is -2.06. The predicted octanol–water partition coefficient (Wildman–Crippen LogP) is -0.169. The lowest BCUT2D eigenvalue weighted by molar-refractivity contribution is -0.150. The molecule has 0 spiro atoms. The Morgan fingerprint density at radius 3 is 2.58 bits per heavy atom. The third kappa shape index (κ3) is 5.93. The minimum absolute atomic E-state index is 0.127. The van der Waals surface area contributed by atoms with Gasteiger partial charge in [-0.05, 0) is 24.3 Å². The quantitative estimate of drug-likeness (QED) is 0.418. The van der Waals surface area contributed by atoms with Crippen LogP contribution < -0.4 is 15.8 Å². The smallest absolute Gasteiger partial charge is 0.344 e. The summed E-state index contributed by atoms with van der Waals surface area (Å²) in [6, 6.07) is 8.23. The Labute approximate surface area is 109 Å². The summed E-state index contributed by atoms with van der Waals surface area (Å²) in [6.45, 7) is -0.876. The molecular weight excluding hydrogens is 250 g/mol. The van der Waals surface area contributed by atoms with Gasteiger partial charge >= 0.3 is 5.97 Å². The van der Waals surface area contributed by atoms with E-state index in [1.54, 1.807) is 30.3 Å². The van der Waals surface area contributed by atoms with Crippen LogP contribution in [-0.2, 0) is 14.3 Å². The van der Waals surface area contributed by atoms with Gasteiger partial charge in [0.05, 0.1) is 6.07 Å². The summed E-state index contributed by atoms with van der Waals surface area (Å²) in [5, 5.41) is 10.5. The fraction of sp³-hybridized carbons (Fsp3) is 0.250. The molecule has 3 N–H and O–H groups in total. The third-order valence-electron chi connectivity index (χ3n) is 1.97. The highest BCUT2D eigenvalue weighted by Gasteiger charge is 2.07. The van der Waals surface area contributed by atoms with Gasteiger partial charge in [-0.3, -0.25) is 4.79 Å². The van der Waals surface area contributed by atoms with Crippen molar-refractivity contribution in [3.63, 3.8) is 0 Å². The Balaban J connectivity index is 2.23. The van der Waals surface area contributed by atoms with Gasteiger partial charge in [-0.15, -0.1) is 0 Å². The van der Waals surface area contributed by atoms with Gasteiger partial charge in [0.15, 0.2) is 13.2 Å². The lowest BCUT2D eigenvalue weighted by Crippen LogP contribution is -2.30. The molecule has 0 heterocycles. The van der Waals surface area contributed by atoms with E-state index in [0.717, 1.165) is 0 Å². The van der Waals surface area contributed by atoms with E-state index in [9.17, 15) is 9.59 Å². The molecule has 0 bridgehead atoms. The molecule has 1 amide bonds. The van der Waals surface area contributed by atoms with Crippen LogP contribution in [0.2, 0.25) is 0 Å². The summed E-state index contributed by atoms with van der Waals surface area (Å²) in [7, 11) is 0. The number of nitrogens with zero attached hydrogens (tertiary/aromatic N) is 1.